The SMILES string of the molecule is CC(C)N1[C@@H](C(=O)NCCN(C)C)C[C@H]2CN(Cc3ccccn3)C[C@H]21.O=C(O)C(F)(F)F.O=C(O)C(F)(F)F.O=C(O)C(F)(F)F.O=C(O)C(F)(F)F. The summed E-state index contributed by atoms with van der Waals surface area (Å²) in [4.78, 5) is 59.8. The molecule has 3 rings (SSSR count). The van der Waals surface area contributed by atoms with Crippen molar-refractivity contribution in [1.82, 2.24) is 25.0 Å². The number of likely N-dealkylation sites (N-methyl/N-ethyl adjacent to an activating group) is 1. The maximum absolute atomic E-state index is 12.8. The van der Waals surface area contributed by atoms with Gasteiger partial charge in [-0.1, -0.05) is 6.07 Å². The van der Waals surface area contributed by atoms with Crippen LogP contribution < -0.4 is 5.32 Å². The third kappa shape index (κ3) is 21.3. The monoisotopic (exact) mass is 815 g/mol. The van der Waals surface area contributed by atoms with Gasteiger partial charge in [0.15, 0.2) is 0 Å². The van der Waals surface area contributed by atoms with Crippen LogP contribution >= 0.6 is 0 Å². The molecule has 0 aliphatic carbocycles. The Morgan fingerprint density at radius 3 is 1.50 bits per heavy atom. The summed E-state index contributed by atoms with van der Waals surface area (Å²) in [6.07, 6.45) is -17.5. The number of aromatic nitrogens is 1. The largest absolute Gasteiger partial charge is 0.490 e. The van der Waals surface area contributed by atoms with Crippen molar-refractivity contribution in [2.75, 3.05) is 40.3 Å². The van der Waals surface area contributed by atoms with Gasteiger partial charge in [0.05, 0.1) is 11.7 Å². The van der Waals surface area contributed by atoms with E-state index in [2.05, 4.69) is 44.9 Å². The summed E-state index contributed by atoms with van der Waals surface area (Å²) in [6, 6.07) is 6.97. The summed E-state index contributed by atoms with van der Waals surface area (Å²) in [5, 5.41) is 31.6. The van der Waals surface area contributed by atoms with Gasteiger partial charge in [-0.15, -0.1) is 0 Å². The minimum absolute atomic E-state index is 0.0177. The fourth-order valence-corrected chi connectivity index (χ4v) is 4.51. The van der Waals surface area contributed by atoms with Gasteiger partial charge in [0.1, 0.15) is 0 Å². The molecule has 3 heterocycles. The number of carboxylic acids is 4. The zero-order valence-electron chi connectivity index (χ0n) is 28.5. The van der Waals surface area contributed by atoms with Gasteiger partial charge in [-0.2, -0.15) is 52.7 Å². The zero-order valence-corrected chi connectivity index (χ0v) is 28.5. The minimum Gasteiger partial charge on any atom is -0.475 e. The second kappa shape index (κ2) is 22.0. The number of carbonyl (C=O) groups is 5. The van der Waals surface area contributed by atoms with E-state index in [1.807, 2.05) is 32.4 Å². The number of nitrogens with zero attached hydrogens (tertiary/aromatic N) is 4. The average molecular weight is 816 g/mol. The number of carboxylic acid groups (broad SMARTS) is 4. The quantitative estimate of drug-likeness (QED) is 0.251. The predicted octanol–water partition coefficient (Wildman–Crippen LogP) is 3.58. The van der Waals surface area contributed by atoms with Gasteiger partial charge in [-0.05, 0) is 52.4 Å². The van der Waals surface area contributed by atoms with E-state index in [0.29, 0.717) is 18.0 Å². The van der Waals surface area contributed by atoms with E-state index in [1.54, 1.807) is 0 Å². The number of carbonyl (C=O) groups excluding carboxylic acids is 1. The van der Waals surface area contributed by atoms with Crippen LogP contribution in [0.3, 0.4) is 0 Å². The van der Waals surface area contributed by atoms with Gasteiger partial charge in [0, 0.05) is 51.0 Å². The van der Waals surface area contributed by atoms with Crippen molar-refractivity contribution in [3.8, 4) is 0 Å². The normalized spacial score (nSPS) is 18.7. The van der Waals surface area contributed by atoms with Gasteiger partial charge < -0.3 is 30.6 Å². The molecule has 5 N–H and O–H groups in total. The van der Waals surface area contributed by atoms with E-state index < -0.39 is 48.6 Å². The molecular formula is C28H37F12N5O9. The molecule has 0 aromatic carbocycles. The van der Waals surface area contributed by atoms with Crippen molar-refractivity contribution in [2.24, 2.45) is 5.92 Å². The van der Waals surface area contributed by atoms with E-state index in [4.69, 9.17) is 39.6 Å². The number of nitrogens with one attached hydrogen (secondary N) is 1. The highest BCUT2D eigenvalue weighted by atomic mass is 19.4. The van der Waals surface area contributed by atoms with Crippen LogP contribution in [0.4, 0.5) is 52.7 Å². The van der Waals surface area contributed by atoms with E-state index in [9.17, 15) is 57.5 Å². The summed E-state index contributed by atoms with van der Waals surface area (Å²) in [5.74, 6) is -10.3. The molecule has 0 radical (unpaired) electrons. The summed E-state index contributed by atoms with van der Waals surface area (Å²) in [6.45, 7) is 9.01. The summed E-state index contributed by atoms with van der Waals surface area (Å²) in [5.41, 5.74) is 1.13. The Morgan fingerprint density at radius 2 is 1.19 bits per heavy atom. The van der Waals surface area contributed by atoms with Gasteiger partial charge in [0.25, 0.3) is 0 Å². The van der Waals surface area contributed by atoms with Crippen molar-refractivity contribution in [3.05, 3.63) is 30.1 Å². The van der Waals surface area contributed by atoms with Crippen LogP contribution in [0.15, 0.2) is 24.4 Å². The van der Waals surface area contributed by atoms with Gasteiger partial charge in [-0.25, -0.2) is 19.2 Å². The lowest BCUT2D eigenvalue weighted by Gasteiger charge is -2.33. The first-order chi connectivity index (χ1) is 24.2. The molecule has 312 valence electrons. The van der Waals surface area contributed by atoms with E-state index in [-0.39, 0.29) is 11.9 Å². The molecule has 2 aliphatic heterocycles. The average Bonchev–Trinajstić information content (AvgIpc) is 3.54. The van der Waals surface area contributed by atoms with Crippen LogP contribution in [0.1, 0.15) is 26.0 Å². The summed E-state index contributed by atoms with van der Waals surface area (Å²) >= 11 is 0. The molecule has 54 heavy (non-hydrogen) atoms. The number of hydrogen-bond donors (Lipinski definition) is 5. The van der Waals surface area contributed by atoms with Crippen LogP contribution in [-0.4, -0.2) is 153 Å². The fraction of sp³-hybridized carbons (Fsp3) is 0.643. The molecule has 3 atom stereocenters. The van der Waals surface area contributed by atoms with Crippen molar-refractivity contribution in [2.45, 2.75) is 69.6 Å². The first-order valence-electron chi connectivity index (χ1n) is 14.8. The molecule has 2 saturated heterocycles. The summed E-state index contributed by atoms with van der Waals surface area (Å²) < 4.78 is 127. The van der Waals surface area contributed by atoms with E-state index in [0.717, 1.165) is 44.8 Å². The van der Waals surface area contributed by atoms with Crippen LogP contribution in [0.25, 0.3) is 0 Å². The van der Waals surface area contributed by atoms with Crippen LogP contribution in [0, 0.1) is 5.92 Å². The lowest BCUT2D eigenvalue weighted by Crippen LogP contribution is -2.51. The van der Waals surface area contributed by atoms with Gasteiger partial charge in [-0.3, -0.25) is 19.6 Å². The van der Waals surface area contributed by atoms with Gasteiger partial charge >= 0.3 is 48.6 Å². The molecule has 2 fully saturated rings. The van der Waals surface area contributed by atoms with E-state index >= 15 is 0 Å². The Hall–Kier alpha value is -4.46. The lowest BCUT2D eigenvalue weighted by molar-refractivity contribution is -0.193. The number of hydrogen-bond acceptors (Lipinski definition) is 9. The van der Waals surface area contributed by atoms with Crippen molar-refractivity contribution >= 4 is 29.8 Å². The van der Waals surface area contributed by atoms with Crippen LogP contribution in [-0.2, 0) is 30.5 Å². The third-order valence-electron chi connectivity index (χ3n) is 6.59. The maximum atomic E-state index is 12.8. The Bertz CT molecular complexity index is 1250. The van der Waals surface area contributed by atoms with Gasteiger partial charge in [0.2, 0.25) is 5.91 Å². The van der Waals surface area contributed by atoms with Crippen LogP contribution in [0.5, 0.6) is 0 Å². The molecule has 14 nitrogen and oxygen atoms in total. The minimum atomic E-state index is -5.08. The lowest BCUT2D eigenvalue weighted by atomic mass is 10.0. The summed E-state index contributed by atoms with van der Waals surface area (Å²) in [7, 11) is 4.06. The highest BCUT2D eigenvalue weighted by Crippen LogP contribution is 2.37. The van der Waals surface area contributed by atoms with Crippen molar-refractivity contribution < 1.29 is 97.1 Å². The molecule has 0 bridgehead atoms. The standard InChI is InChI=1S/C20H33N5O.4C2HF3O2/c1-15(2)25-18(20(26)22-9-10-23(3)4)11-16-12-24(14-19(16)25)13-17-7-5-6-8-21-17;4*3-2(4,5)1(6)7/h5-8,15-16,18-19H,9-14H2,1-4H3,(H,22,26);4*(H,6,7)/t16-,18+,19+;;;;/m0..../s1. The second-order valence-electron chi connectivity index (χ2n) is 11.4. The topological polar surface area (TPSA) is 201 Å². The Morgan fingerprint density at radius 1 is 0.778 bits per heavy atom. The molecule has 1 amide bonds. The maximum Gasteiger partial charge on any atom is 0.490 e. The highest BCUT2D eigenvalue weighted by molar-refractivity contribution is 5.82. The molecule has 0 saturated carbocycles. The number of fused-ring (bicyclic) bond motifs is 1. The number of rotatable bonds is 7. The predicted molar refractivity (Wildman–Crippen MR) is 158 cm³/mol. The molecule has 1 aromatic heterocycles. The molecule has 0 unspecified atom stereocenters. The molecule has 0 spiro atoms. The number of amides is 1. The number of halogens is 12. The molecule has 1 aromatic rings. The number of alkyl halides is 12. The second-order valence-corrected chi connectivity index (χ2v) is 11.4. The number of pyridine rings is 1. The first-order valence-corrected chi connectivity index (χ1v) is 14.8. The Labute approximate surface area is 298 Å². The van der Waals surface area contributed by atoms with Crippen LogP contribution in [0.2, 0.25) is 0 Å². The van der Waals surface area contributed by atoms with E-state index in [1.165, 1.54) is 0 Å². The van der Waals surface area contributed by atoms with Crippen molar-refractivity contribution in [1.29, 1.82) is 0 Å². The zero-order chi connectivity index (χ0) is 43.0. The first kappa shape index (κ1) is 51.6. The number of likely N-dealkylation sites (tertiary alicyclic amines) is 2. The molecular weight excluding hydrogens is 778 g/mol. The molecule has 2 aliphatic rings. The third-order valence-corrected chi connectivity index (χ3v) is 6.59. The van der Waals surface area contributed by atoms with Crippen molar-refractivity contribution in [3.63, 3.8) is 0 Å². The number of aliphatic carboxylic acids is 4. The highest BCUT2D eigenvalue weighted by Gasteiger charge is 2.49. The smallest absolute Gasteiger partial charge is 0.475 e. The molecule has 26 heteroatoms. The Balaban J connectivity index is 0. The Kier molecular flexibility index (Phi) is 21.1. The fourth-order valence-electron chi connectivity index (χ4n) is 4.51.